The van der Waals surface area contributed by atoms with Crippen molar-refractivity contribution >= 4 is 5.97 Å². The van der Waals surface area contributed by atoms with E-state index in [0.29, 0.717) is 6.61 Å². The minimum atomic E-state index is -0.357. The second kappa shape index (κ2) is 9.43. The number of ether oxygens (including phenoxy) is 2. The molecule has 4 rings (SSSR count). The second-order valence-electron chi connectivity index (χ2n) is 7.49. The van der Waals surface area contributed by atoms with Gasteiger partial charge in [0, 0.05) is 35.9 Å². The Kier molecular flexibility index (Phi) is 6.26. The first-order valence-electron chi connectivity index (χ1n) is 10.2. The van der Waals surface area contributed by atoms with Crippen molar-refractivity contribution in [2.24, 2.45) is 0 Å². The van der Waals surface area contributed by atoms with E-state index in [1.54, 1.807) is 17.1 Å². The van der Waals surface area contributed by atoms with Crippen LogP contribution in [0, 0.1) is 13.8 Å². The van der Waals surface area contributed by atoms with Crippen LogP contribution in [-0.2, 0) is 22.7 Å². The van der Waals surface area contributed by atoms with Crippen molar-refractivity contribution in [1.82, 2.24) is 19.7 Å². The molecule has 0 bridgehead atoms. The van der Waals surface area contributed by atoms with E-state index in [-0.39, 0.29) is 12.5 Å². The number of hydrogen-bond donors (Lipinski definition) is 0. The fraction of sp³-hybridized carbons (Fsp3) is 0.200. The SMILES string of the molecule is COC(=O)Cn1cc(-c2ccncc2)c(-c2ccc(OCc3ncc(C)cc3C)cc2)n1. The summed E-state index contributed by atoms with van der Waals surface area (Å²) in [6.07, 6.45) is 7.15. The molecule has 32 heavy (non-hydrogen) atoms. The summed E-state index contributed by atoms with van der Waals surface area (Å²) in [5, 5.41) is 4.63. The molecule has 0 unspecified atom stereocenters. The number of esters is 1. The van der Waals surface area contributed by atoms with Gasteiger partial charge in [0.05, 0.1) is 12.8 Å². The Labute approximate surface area is 186 Å². The molecule has 0 N–H and O–H groups in total. The van der Waals surface area contributed by atoms with Crippen LogP contribution in [-0.4, -0.2) is 32.8 Å². The normalized spacial score (nSPS) is 10.7. The van der Waals surface area contributed by atoms with Crippen LogP contribution in [0.25, 0.3) is 22.4 Å². The van der Waals surface area contributed by atoms with Crippen molar-refractivity contribution in [3.8, 4) is 28.1 Å². The third kappa shape index (κ3) is 4.83. The highest BCUT2D eigenvalue weighted by molar-refractivity contribution is 5.80. The van der Waals surface area contributed by atoms with Crippen LogP contribution < -0.4 is 4.74 Å². The zero-order chi connectivity index (χ0) is 22.5. The van der Waals surface area contributed by atoms with Crippen LogP contribution in [0.3, 0.4) is 0 Å². The number of carbonyl (C=O) groups excluding carboxylic acids is 1. The molecular formula is C25H24N4O3. The van der Waals surface area contributed by atoms with Gasteiger partial charge in [-0.25, -0.2) is 0 Å². The van der Waals surface area contributed by atoms with Crippen LogP contribution in [0.5, 0.6) is 5.75 Å². The Hall–Kier alpha value is -4.00. The Morgan fingerprint density at radius 2 is 1.78 bits per heavy atom. The number of pyridine rings is 2. The standard InChI is InChI=1S/C25H24N4O3/c1-17-12-18(2)23(27-13-17)16-32-21-6-4-20(5-7-21)25-22(19-8-10-26-11-9-19)14-29(28-25)15-24(30)31-3/h4-14H,15-16H2,1-3H3. The van der Waals surface area contributed by atoms with Gasteiger partial charge in [0.25, 0.3) is 0 Å². The van der Waals surface area contributed by atoms with Crippen molar-refractivity contribution < 1.29 is 14.3 Å². The number of rotatable bonds is 7. The summed E-state index contributed by atoms with van der Waals surface area (Å²) >= 11 is 0. The smallest absolute Gasteiger partial charge is 0.327 e. The molecule has 0 amide bonds. The van der Waals surface area contributed by atoms with E-state index >= 15 is 0 Å². The average molecular weight is 428 g/mol. The summed E-state index contributed by atoms with van der Waals surface area (Å²) in [5.74, 6) is 0.388. The molecular weight excluding hydrogens is 404 g/mol. The van der Waals surface area contributed by atoms with Crippen LogP contribution >= 0.6 is 0 Å². The van der Waals surface area contributed by atoms with Crippen molar-refractivity contribution in [2.75, 3.05) is 7.11 Å². The molecule has 0 saturated carbocycles. The van der Waals surface area contributed by atoms with E-state index in [0.717, 1.165) is 45.0 Å². The molecule has 3 heterocycles. The first kappa shape index (κ1) is 21.2. The minimum absolute atomic E-state index is 0.0404. The van der Waals surface area contributed by atoms with Gasteiger partial charge in [-0.05, 0) is 66.9 Å². The molecule has 7 heteroatoms. The molecule has 4 aromatic rings. The predicted molar refractivity (Wildman–Crippen MR) is 121 cm³/mol. The maximum absolute atomic E-state index is 11.7. The van der Waals surface area contributed by atoms with Crippen LogP contribution in [0.15, 0.2) is 67.3 Å². The highest BCUT2D eigenvalue weighted by Crippen LogP contribution is 2.32. The lowest BCUT2D eigenvalue weighted by Crippen LogP contribution is -2.11. The number of carbonyl (C=O) groups is 1. The van der Waals surface area contributed by atoms with E-state index in [4.69, 9.17) is 9.47 Å². The van der Waals surface area contributed by atoms with E-state index in [9.17, 15) is 4.79 Å². The molecule has 0 saturated heterocycles. The van der Waals surface area contributed by atoms with Crippen LogP contribution in [0.1, 0.15) is 16.8 Å². The molecule has 3 aromatic heterocycles. The zero-order valence-electron chi connectivity index (χ0n) is 18.3. The minimum Gasteiger partial charge on any atom is -0.487 e. The Morgan fingerprint density at radius 1 is 1.03 bits per heavy atom. The summed E-state index contributed by atoms with van der Waals surface area (Å²) in [7, 11) is 1.36. The molecule has 0 aliphatic heterocycles. The average Bonchev–Trinajstić information content (AvgIpc) is 3.23. The van der Waals surface area contributed by atoms with E-state index in [1.807, 2.05) is 62.6 Å². The van der Waals surface area contributed by atoms with Gasteiger partial charge >= 0.3 is 5.97 Å². The van der Waals surface area contributed by atoms with E-state index in [1.165, 1.54) is 7.11 Å². The third-order valence-electron chi connectivity index (χ3n) is 5.10. The molecule has 0 fully saturated rings. The molecule has 7 nitrogen and oxygen atoms in total. The van der Waals surface area contributed by atoms with Crippen molar-refractivity contribution in [3.05, 3.63) is 84.1 Å². The van der Waals surface area contributed by atoms with Gasteiger partial charge in [-0.3, -0.25) is 19.4 Å². The number of hydrogen-bond acceptors (Lipinski definition) is 6. The maximum atomic E-state index is 11.7. The number of methoxy groups -OCH3 is 1. The van der Waals surface area contributed by atoms with E-state index < -0.39 is 0 Å². The van der Waals surface area contributed by atoms with Gasteiger partial charge in [0.1, 0.15) is 24.6 Å². The second-order valence-corrected chi connectivity index (χ2v) is 7.49. The van der Waals surface area contributed by atoms with Gasteiger partial charge in [-0.1, -0.05) is 6.07 Å². The third-order valence-corrected chi connectivity index (χ3v) is 5.10. The Morgan fingerprint density at radius 3 is 2.47 bits per heavy atom. The lowest BCUT2D eigenvalue weighted by atomic mass is 10.0. The molecule has 1 aromatic carbocycles. The highest BCUT2D eigenvalue weighted by atomic mass is 16.5. The molecule has 162 valence electrons. The lowest BCUT2D eigenvalue weighted by Gasteiger charge is -2.09. The maximum Gasteiger partial charge on any atom is 0.327 e. The first-order valence-corrected chi connectivity index (χ1v) is 10.2. The molecule has 0 spiro atoms. The van der Waals surface area contributed by atoms with Crippen molar-refractivity contribution in [2.45, 2.75) is 27.0 Å². The number of nitrogens with zero attached hydrogens (tertiary/aromatic N) is 4. The number of benzene rings is 1. The van der Waals surface area contributed by atoms with Crippen LogP contribution in [0.2, 0.25) is 0 Å². The monoisotopic (exact) mass is 428 g/mol. The summed E-state index contributed by atoms with van der Waals surface area (Å²) < 4.78 is 12.3. The largest absolute Gasteiger partial charge is 0.487 e. The van der Waals surface area contributed by atoms with Crippen molar-refractivity contribution in [1.29, 1.82) is 0 Å². The molecule has 0 aliphatic carbocycles. The topological polar surface area (TPSA) is 79.1 Å². The quantitative estimate of drug-likeness (QED) is 0.407. The predicted octanol–water partition coefficient (Wildman–Crippen LogP) is 4.38. The molecule has 0 atom stereocenters. The van der Waals surface area contributed by atoms with E-state index in [2.05, 4.69) is 21.1 Å². The van der Waals surface area contributed by atoms with Gasteiger partial charge in [-0.15, -0.1) is 0 Å². The zero-order valence-corrected chi connectivity index (χ0v) is 18.3. The summed E-state index contributed by atoms with van der Waals surface area (Å²) in [5.41, 5.74) is 6.71. The van der Waals surface area contributed by atoms with Crippen molar-refractivity contribution in [3.63, 3.8) is 0 Å². The fourth-order valence-corrected chi connectivity index (χ4v) is 3.41. The molecule has 0 radical (unpaired) electrons. The van der Waals surface area contributed by atoms with Gasteiger partial charge in [0.2, 0.25) is 0 Å². The van der Waals surface area contributed by atoms with Crippen LogP contribution in [0.4, 0.5) is 0 Å². The summed E-state index contributed by atoms with van der Waals surface area (Å²) in [6, 6.07) is 13.7. The van der Waals surface area contributed by atoms with Gasteiger partial charge in [-0.2, -0.15) is 5.10 Å². The Balaban J connectivity index is 1.58. The summed E-state index contributed by atoms with van der Waals surface area (Å²) in [6.45, 7) is 4.50. The first-order chi connectivity index (χ1) is 15.5. The molecule has 0 aliphatic rings. The fourth-order valence-electron chi connectivity index (χ4n) is 3.41. The Bertz CT molecular complexity index is 1220. The highest BCUT2D eigenvalue weighted by Gasteiger charge is 2.15. The van der Waals surface area contributed by atoms with Gasteiger partial charge < -0.3 is 9.47 Å². The summed E-state index contributed by atoms with van der Waals surface area (Å²) in [4.78, 5) is 20.3. The number of aromatic nitrogens is 4. The number of aryl methyl sites for hydroxylation is 2. The van der Waals surface area contributed by atoms with Gasteiger partial charge in [0.15, 0.2) is 0 Å². The lowest BCUT2D eigenvalue weighted by molar-refractivity contribution is -0.141.